The van der Waals surface area contributed by atoms with Gasteiger partial charge in [-0.2, -0.15) is 5.10 Å². The molecule has 24 heavy (non-hydrogen) atoms. The van der Waals surface area contributed by atoms with Crippen LogP contribution in [-0.4, -0.2) is 10.2 Å². The molecule has 122 valence electrons. The van der Waals surface area contributed by atoms with Gasteiger partial charge in [-0.25, -0.2) is 5.10 Å². The monoisotopic (exact) mass is 404 g/mol. The molecule has 1 N–H and O–H groups in total. The maximum atomic E-state index is 11.1. The molecule has 0 aliphatic heterocycles. The number of benzene rings is 2. The van der Waals surface area contributed by atoms with Crippen molar-refractivity contribution in [2.45, 2.75) is 13.3 Å². The highest BCUT2D eigenvalue weighted by Gasteiger charge is 2.07. The topological polar surface area (TPSA) is 55.0 Å². The predicted molar refractivity (Wildman–Crippen MR) is 98.1 cm³/mol. The second kappa shape index (κ2) is 7.20. The van der Waals surface area contributed by atoms with Crippen molar-refractivity contribution in [2.75, 3.05) is 0 Å². The van der Waals surface area contributed by atoms with Gasteiger partial charge >= 0.3 is 0 Å². The van der Waals surface area contributed by atoms with E-state index in [4.69, 9.17) is 16.3 Å². The summed E-state index contributed by atoms with van der Waals surface area (Å²) in [4.78, 5) is 11.1. The zero-order valence-corrected chi connectivity index (χ0v) is 15.2. The minimum Gasteiger partial charge on any atom is -0.456 e. The van der Waals surface area contributed by atoms with Crippen molar-refractivity contribution in [2.24, 2.45) is 0 Å². The first kappa shape index (κ1) is 16.7. The maximum Gasteiger partial charge on any atom is 0.264 e. The second-order valence-corrected chi connectivity index (χ2v) is 6.74. The van der Waals surface area contributed by atoms with Gasteiger partial charge in [-0.1, -0.05) is 33.6 Å². The predicted octanol–water partition coefficient (Wildman–Crippen LogP) is 4.88. The maximum absolute atomic E-state index is 11.1. The Morgan fingerprint density at radius 2 is 2.00 bits per heavy atom. The van der Waals surface area contributed by atoms with Crippen LogP contribution in [0.4, 0.5) is 0 Å². The van der Waals surface area contributed by atoms with Crippen LogP contribution in [0.1, 0.15) is 16.8 Å². The number of hydrogen-bond acceptors (Lipinski definition) is 3. The van der Waals surface area contributed by atoms with Crippen LogP contribution in [0.5, 0.6) is 11.5 Å². The van der Waals surface area contributed by atoms with Gasteiger partial charge in [0.2, 0.25) is 0 Å². The molecule has 0 atom stereocenters. The Morgan fingerprint density at radius 1 is 1.17 bits per heavy atom. The molecular formula is C18H14BrClN2O2. The number of nitrogens with one attached hydrogen (secondary N) is 1. The van der Waals surface area contributed by atoms with Crippen LogP contribution in [0.3, 0.4) is 0 Å². The third-order valence-electron chi connectivity index (χ3n) is 3.36. The zero-order chi connectivity index (χ0) is 17.1. The quantitative estimate of drug-likeness (QED) is 0.673. The summed E-state index contributed by atoms with van der Waals surface area (Å²) in [6.45, 7) is 2.00. The van der Waals surface area contributed by atoms with E-state index in [1.165, 1.54) is 6.07 Å². The Labute approximate surface area is 152 Å². The van der Waals surface area contributed by atoms with E-state index in [9.17, 15) is 4.79 Å². The average Bonchev–Trinajstić information content (AvgIpc) is 2.52. The lowest BCUT2D eigenvalue weighted by molar-refractivity contribution is 0.481. The van der Waals surface area contributed by atoms with Gasteiger partial charge in [-0.3, -0.25) is 4.79 Å². The van der Waals surface area contributed by atoms with Crippen LogP contribution >= 0.6 is 27.5 Å². The smallest absolute Gasteiger partial charge is 0.264 e. The van der Waals surface area contributed by atoms with Gasteiger partial charge in [0.25, 0.3) is 5.56 Å². The molecule has 1 aromatic heterocycles. The standard InChI is InChI=1S/C18H14BrClN2O2/c1-11-6-13(19)10-15(7-11)24-17-9-12(2-4-16(17)20)8-14-3-5-18(23)22-21-14/h2-7,9-10H,8H2,1H3,(H,22,23). The van der Waals surface area contributed by atoms with Crippen molar-refractivity contribution in [3.8, 4) is 11.5 Å². The molecule has 6 heteroatoms. The van der Waals surface area contributed by atoms with E-state index >= 15 is 0 Å². The number of aryl methyl sites for hydroxylation is 1. The van der Waals surface area contributed by atoms with Crippen LogP contribution < -0.4 is 10.3 Å². The molecule has 0 aliphatic rings. The van der Waals surface area contributed by atoms with E-state index in [1.807, 2.05) is 37.3 Å². The summed E-state index contributed by atoms with van der Waals surface area (Å²) in [5.74, 6) is 1.29. The number of rotatable bonds is 4. The van der Waals surface area contributed by atoms with E-state index < -0.39 is 0 Å². The number of aromatic nitrogens is 2. The summed E-state index contributed by atoms with van der Waals surface area (Å²) in [7, 11) is 0. The number of nitrogens with zero attached hydrogens (tertiary/aromatic N) is 1. The van der Waals surface area contributed by atoms with Crippen LogP contribution in [0.25, 0.3) is 0 Å². The molecule has 0 bridgehead atoms. The summed E-state index contributed by atoms with van der Waals surface area (Å²) in [5.41, 5.74) is 2.62. The van der Waals surface area contributed by atoms with Crippen LogP contribution in [0.15, 0.2) is 57.8 Å². The van der Waals surface area contributed by atoms with Crippen LogP contribution in [0, 0.1) is 6.92 Å². The Morgan fingerprint density at radius 3 is 2.71 bits per heavy atom. The molecule has 0 radical (unpaired) electrons. The number of halogens is 2. The second-order valence-electron chi connectivity index (χ2n) is 5.42. The van der Waals surface area contributed by atoms with Gasteiger partial charge < -0.3 is 4.74 Å². The number of aromatic amines is 1. The fraction of sp³-hybridized carbons (Fsp3) is 0.111. The minimum absolute atomic E-state index is 0.219. The van der Waals surface area contributed by atoms with Crippen LogP contribution in [0.2, 0.25) is 5.02 Å². The molecular weight excluding hydrogens is 392 g/mol. The normalized spacial score (nSPS) is 10.6. The van der Waals surface area contributed by atoms with E-state index in [-0.39, 0.29) is 5.56 Å². The van der Waals surface area contributed by atoms with Gasteiger partial charge in [0, 0.05) is 17.0 Å². The van der Waals surface area contributed by atoms with Gasteiger partial charge in [-0.15, -0.1) is 0 Å². The Hall–Kier alpha value is -2.11. The first-order valence-corrected chi connectivity index (χ1v) is 8.45. The summed E-state index contributed by atoms with van der Waals surface area (Å²) < 4.78 is 6.87. The lowest BCUT2D eigenvalue weighted by atomic mass is 10.1. The lowest BCUT2D eigenvalue weighted by Gasteiger charge is -2.11. The fourth-order valence-corrected chi connectivity index (χ4v) is 3.05. The third-order valence-corrected chi connectivity index (χ3v) is 4.13. The van der Waals surface area contributed by atoms with Crippen molar-refractivity contribution in [3.63, 3.8) is 0 Å². The molecule has 1 heterocycles. The van der Waals surface area contributed by atoms with Gasteiger partial charge in [-0.05, 0) is 54.4 Å². The van der Waals surface area contributed by atoms with E-state index in [0.29, 0.717) is 22.9 Å². The molecule has 2 aromatic carbocycles. The number of ether oxygens (including phenoxy) is 1. The van der Waals surface area contributed by atoms with Crippen LogP contribution in [-0.2, 0) is 6.42 Å². The van der Waals surface area contributed by atoms with Gasteiger partial charge in [0.1, 0.15) is 11.5 Å². The highest BCUT2D eigenvalue weighted by molar-refractivity contribution is 9.10. The molecule has 4 nitrogen and oxygen atoms in total. The van der Waals surface area contributed by atoms with Crippen molar-refractivity contribution in [1.29, 1.82) is 0 Å². The molecule has 3 rings (SSSR count). The van der Waals surface area contributed by atoms with Crippen molar-refractivity contribution < 1.29 is 4.74 Å². The molecule has 0 saturated heterocycles. The molecule has 3 aromatic rings. The molecule has 0 amide bonds. The molecule has 0 aliphatic carbocycles. The van der Waals surface area contributed by atoms with E-state index in [2.05, 4.69) is 26.1 Å². The Kier molecular flexibility index (Phi) is 5.02. The third kappa shape index (κ3) is 4.24. The zero-order valence-electron chi connectivity index (χ0n) is 12.8. The Bertz CT molecular complexity index is 900. The van der Waals surface area contributed by atoms with Crippen molar-refractivity contribution in [1.82, 2.24) is 10.2 Å². The van der Waals surface area contributed by atoms with Gasteiger partial charge in [0.05, 0.1) is 10.7 Å². The first-order valence-electron chi connectivity index (χ1n) is 7.28. The summed E-state index contributed by atoms with van der Waals surface area (Å²) in [5, 5.41) is 6.98. The van der Waals surface area contributed by atoms with Gasteiger partial charge in [0.15, 0.2) is 0 Å². The number of H-pyrrole nitrogens is 1. The van der Waals surface area contributed by atoms with Crippen molar-refractivity contribution in [3.05, 3.63) is 85.2 Å². The van der Waals surface area contributed by atoms with Crippen molar-refractivity contribution >= 4 is 27.5 Å². The summed E-state index contributed by atoms with van der Waals surface area (Å²) in [6, 6.07) is 14.6. The minimum atomic E-state index is -0.219. The fourth-order valence-electron chi connectivity index (χ4n) is 2.31. The highest BCUT2D eigenvalue weighted by Crippen LogP contribution is 2.32. The molecule has 0 saturated carbocycles. The highest BCUT2D eigenvalue weighted by atomic mass is 79.9. The van der Waals surface area contributed by atoms with E-state index in [1.54, 1.807) is 12.1 Å². The Balaban J connectivity index is 1.85. The molecule has 0 spiro atoms. The average molecular weight is 406 g/mol. The number of hydrogen-bond donors (Lipinski definition) is 1. The van der Waals surface area contributed by atoms with E-state index in [0.717, 1.165) is 21.3 Å². The summed E-state index contributed by atoms with van der Waals surface area (Å²) >= 11 is 9.71. The summed E-state index contributed by atoms with van der Waals surface area (Å²) in [6.07, 6.45) is 0.571. The SMILES string of the molecule is Cc1cc(Br)cc(Oc2cc(Cc3ccc(=O)[nH]n3)ccc2Cl)c1. The molecule has 0 fully saturated rings. The lowest BCUT2D eigenvalue weighted by Crippen LogP contribution is -2.07. The largest absolute Gasteiger partial charge is 0.456 e. The molecule has 0 unspecified atom stereocenters. The first-order chi connectivity index (χ1) is 11.5.